The molecule has 0 saturated carbocycles. The van der Waals surface area contributed by atoms with Crippen LogP contribution in [-0.4, -0.2) is 17.9 Å². The van der Waals surface area contributed by atoms with E-state index in [9.17, 15) is 4.79 Å². The molecule has 1 amide bonds. The van der Waals surface area contributed by atoms with Gasteiger partial charge in [0.2, 0.25) is 0 Å². The minimum atomic E-state index is -0.0711. The summed E-state index contributed by atoms with van der Waals surface area (Å²) in [4.78, 5) is 14.1. The van der Waals surface area contributed by atoms with Crippen LogP contribution >= 0.6 is 15.9 Å². The van der Waals surface area contributed by atoms with E-state index in [1.54, 1.807) is 18.0 Å². The van der Waals surface area contributed by atoms with E-state index in [4.69, 9.17) is 5.73 Å². The van der Waals surface area contributed by atoms with Crippen LogP contribution in [0.5, 0.6) is 0 Å². The van der Waals surface area contributed by atoms with Gasteiger partial charge in [-0.2, -0.15) is 0 Å². The first-order valence-electron chi connectivity index (χ1n) is 6.34. The van der Waals surface area contributed by atoms with Gasteiger partial charge < -0.3 is 10.6 Å². The fourth-order valence-electron chi connectivity index (χ4n) is 2.04. The first-order chi connectivity index (χ1) is 9.49. The summed E-state index contributed by atoms with van der Waals surface area (Å²) in [6.07, 6.45) is 0. The third kappa shape index (κ3) is 3.20. The molecule has 0 spiro atoms. The fourth-order valence-corrected chi connectivity index (χ4v) is 2.45. The van der Waals surface area contributed by atoms with Gasteiger partial charge in [0.05, 0.1) is 5.56 Å². The van der Waals surface area contributed by atoms with Crippen molar-refractivity contribution in [3.05, 3.63) is 63.6 Å². The topological polar surface area (TPSA) is 46.3 Å². The van der Waals surface area contributed by atoms with Gasteiger partial charge >= 0.3 is 0 Å². The molecule has 4 heteroatoms. The van der Waals surface area contributed by atoms with E-state index in [1.807, 2.05) is 43.3 Å². The largest absolute Gasteiger partial charge is 0.398 e. The van der Waals surface area contributed by atoms with Crippen LogP contribution in [0, 0.1) is 6.92 Å². The quantitative estimate of drug-likeness (QED) is 0.872. The third-order valence-electron chi connectivity index (χ3n) is 3.15. The standard InChI is InChI=1S/C16H17BrN2O/c1-11-7-8-13(15(18)9-11)16(20)19(2)10-12-5-3-4-6-14(12)17/h3-9H,10,18H2,1-2H3. The van der Waals surface area contributed by atoms with Crippen LogP contribution in [-0.2, 0) is 6.54 Å². The summed E-state index contributed by atoms with van der Waals surface area (Å²) in [7, 11) is 1.78. The van der Waals surface area contributed by atoms with E-state index >= 15 is 0 Å². The Kier molecular flexibility index (Phi) is 4.45. The summed E-state index contributed by atoms with van der Waals surface area (Å²) in [6, 6.07) is 13.4. The van der Waals surface area contributed by atoms with E-state index < -0.39 is 0 Å². The number of hydrogen-bond acceptors (Lipinski definition) is 2. The molecular weight excluding hydrogens is 316 g/mol. The smallest absolute Gasteiger partial charge is 0.255 e. The highest BCUT2D eigenvalue weighted by Gasteiger charge is 2.15. The molecular formula is C16H17BrN2O. The van der Waals surface area contributed by atoms with Crippen molar-refractivity contribution in [1.82, 2.24) is 4.90 Å². The molecule has 0 aliphatic carbocycles. The van der Waals surface area contributed by atoms with Gasteiger partial charge in [0, 0.05) is 23.8 Å². The predicted molar refractivity (Wildman–Crippen MR) is 85.5 cm³/mol. The molecule has 2 aromatic rings. The number of carbonyl (C=O) groups excluding carboxylic acids is 1. The molecule has 0 unspecified atom stereocenters. The van der Waals surface area contributed by atoms with Crippen LogP contribution in [0.25, 0.3) is 0 Å². The molecule has 20 heavy (non-hydrogen) atoms. The minimum absolute atomic E-state index is 0.0711. The normalized spacial score (nSPS) is 10.3. The van der Waals surface area contributed by atoms with Crippen LogP contribution in [0.15, 0.2) is 46.9 Å². The lowest BCUT2D eigenvalue weighted by Crippen LogP contribution is -2.27. The molecule has 0 fully saturated rings. The van der Waals surface area contributed by atoms with E-state index in [-0.39, 0.29) is 5.91 Å². The van der Waals surface area contributed by atoms with Gasteiger partial charge in [-0.15, -0.1) is 0 Å². The first-order valence-corrected chi connectivity index (χ1v) is 7.13. The Hall–Kier alpha value is -1.81. The fraction of sp³-hybridized carbons (Fsp3) is 0.188. The number of halogens is 1. The zero-order chi connectivity index (χ0) is 14.7. The van der Waals surface area contributed by atoms with Crippen LogP contribution in [0.1, 0.15) is 21.5 Å². The molecule has 0 aromatic heterocycles. The molecule has 104 valence electrons. The van der Waals surface area contributed by atoms with Crippen molar-refractivity contribution >= 4 is 27.5 Å². The zero-order valence-corrected chi connectivity index (χ0v) is 13.1. The van der Waals surface area contributed by atoms with Gasteiger partial charge in [-0.25, -0.2) is 0 Å². The summed E-state index contributed by atoms with van der Waals surface area (Å²) < 4.78 is 0.997. The van der Waals surface area contributed by atoms with Crippen molar-refractivity contribution in [3.8, 4) is 0 Å². The number of amides is 1. The Morgan fingerprint density at radius 2 is 1.95 bits per heavy atom. The summed E-state index contributed by atoms with van der Waals surface area (Å²) in [5.74, 6) is -0.0711. The number of aryl methyl sites for hydroxylation is 1. The van der Waals surface area contributed by atoms with Crippen molar-refractivity contribution in [2.24, 2.45) is 0 Å². The lowest BCUT2D eigenvalue weighted by Gasteiger charge is -2.19. The highest BCUT2D eigenvalue weighted by Crippen LogP contribution is 2.20. The number of rotatable bonds is 3. The predicted octanol–water partition coefficient (Wildman–Crippen LogP) is 3.61. The van der Waals surface area contributed by atoms with Gasteiger partial charge in [0.1, 0.15) is 0 Å². The number of hydrogen-bond donors (Lipinski definition) is 1. The highest BCUT2D eigenvalue weighted by atomic mass is 79.9. The van der Waals surface area contributed by atoms with Crippen LogP contribution in [0.2, 0.25) is 0 Å². The zero-order valence-electron chi connectivity index (χ0n) is 11.6. The molecule has 2 aromatic carbocycles. The van der Waals surface area contributed by atoms with E-state index in [0.29, 0.717) is 17.8 Å². The van der Waals surface area contributed by atoms with Crippen LogP contribution in [0.4, 0.5) is 5.69 Å². The summed E-state index contributed by atoms with van der Waals surface area (Å²) in [5, 5.41) is 0. The first kappa shape index (κ1) is 14.6. The molecule has 2 N–H and O–H groups in total. The summed E-state index contributed by atoms with van der Waals surface area (Å²) in [6.45, 7) is 2.49. The monoisotopic (exact) mass is 332 g/mol. The van der Waals surface area contributed by atoms with Gasteiger partial charge in [0.25, 0.3) is 5.91 Å². The Bertz CT molecular complexity index is 640. The Morgan fingerprint density at radius 3 is 2.60 bits per heavy atom. The minimum Gasteiger partial charge on any atom is -0.398 e. The highest BCUT2D eigenvalue weighted by molar-refractivity contribution is 9.10. The SMILES string of the molecule is Cc1ccc(C(=O)N(C)Cc2ccccc2Br)c(N)c1. The average molecular weight is 333 g/mol. The summed E-state index contributed by atoms with van der Waals surface area (Å²) >= 11 is 3.49. The lowest BCUT2D eigenvalue weighted by molar-refractivity contribution is 0.0786. The van der Waals surface area contributed by atoms with Crippen LogP contribution in [0.3, 0.4) is 0 Å². The van der Waals surface area contributed by atoms with Gasteiger partial charge in [-0.1, -0.05) is 40.2 Å². The molecule has 3 nitrogen and oxygen atoms in total. The van der Waals surface area contributed by atoms with Crippen molar-refractivity contribution in [3.63, 3.8) is 0 Å². The molecule has 2 rings (SSSR count). The third-order valence-corrected chi connectivity index (χ3v) is 3.92. The Morgan fingerprint density at radius 1 is 1.25 bits per heavy atom. The number of nitrogens with zero attached hydrogens (tertiary/aromatic N) is 1. The molecule has 0 radical (unpaired) electrons. The summed E-state index contributed by atoms with van der Waals surface area (Å²) in [5.41, 5.74) is 9.11. The maximum absolute atomic E-state index is 12.4. The lowest BCUT2D eigenvalue weighted by atomic mass is 10.1. The van der Waals surface area contributed by atoms with Crippen LogP contribution < -0.4 is 5.73 Å². The number of anilines is 1. The van der Waals surface area contributed by atoms with Crippen molar-refractivity contribution < 1.29 is 4.79 Å². The average Bonchev–Trinajstić information content (AvgIpc) is 2.40. The van der Waals surface area contributed by atoms with Gasteiger partial charge in [-0.3, -0.25) is 4.79 Å². The number of nitrogen functional groups attached to an aromatic ring is 1. The van der Waals surface area contributed by atoms with Gasteiger partial charge in [0.15, 0.2) is 0 Å². The molecule has 0 aliphatic rings. The second-order valence-corrected chi connectivity index (χ2v) is 5.70. The van der Waals surface area contributed by atoms with E-state index in [1.165, 1.54) is 0 Å². The second-order valence-electron chi connectivity index (χ2n) is 4.84. The molecule has 0 atom stereocenters. The Labute approximate surface area is 127 Å². The number of benzene rings is 2. The van der Waals surface area contributed by atoms with E-state index in [0.717, 1.165) is 15.6 Å². The number of nitrogens with two attached hydrogens (primary N) is 1. The van der Waals surface area contributed by atoms with Crippen molar-refractivity contribution in [2.45, 2.75) is 13.5 Å². The molecule has 0 aliphatic heterocycles. The molecule has 0 heterocycles. The Balaban J connectivity index is 2.19. The maximum Gasteiger partial charge on any atom is 0.255 e. The van der Waals surface area contributed by atoms with Crippen molar-refractivity contribution in [2.75, 3.05) is 12.8 Å². The molecule has 0 bridgehead atoms. The number of carbonyl (C=O) groups is 1. The maximum atomic E-state index is 12.4. The van der Waals surface area contributed by atoms with E-state index in [2.05, 4.69) is 15.9 Å². The van der Waals surface area contributed by atoms with Crippen molar-refractivity contribution in [1.29, 1.82) is 0 Å². The molecule has 0 saturated heterocycles. The van der Waals surface area contributed by atoms with Gasteiger partial charge in [-0.05, 0) is 36.2 Å². The second kappa shape index (κ2) is 6.09.